The van der Waals surface area contributed by atoms with Gasteiger partial charge in [0.05, 0.1) is 0 Å². The zero-order valence-electron chi connectivity index (χ0n) is 11.0. The second kappa shape index (κ2) is 5.41. The Hall–Kier alpha value is -0.420. The molecule has 20 heavy (non-hydrogen) atoms. The van der Waals surface area contributed by atoms with Gasteiger partial charge in [0.2, 0.25) is 0 Å². The fourth-order valence-electron chi connectivity index (χ4n) is 1.82. The second-order valence-electron chi connectivity index (χ2n) is 4.69. The van der Waals surface area contributed by atoms with Crippen molar-refractivity contribution in [3.05, 3.63) is 35.4 Å². The fourth-order valence-corrected chi connectivity index (χ4v) is 4.35. The summed E-state index contributed by atoms with van der Waals surface area (Å²) in [5.74, 6) is 4.16. The van der Waals surface area contributed by atoms with Gasteiger partial charge in [-0.3, -0.25) is 0 Å². The Morgan fingerprint density at radius 3 is 1.70 bits per heavy atom. The van der Waals surface area contributed by atoms with Crippen LogP contribution in [0.2, 0.25) is 0 Å². The SMILES string of the molecule is CCCC[S+]1Cc2ccccc2C1.F[P-](F)(F)(F)(F)F. The third-order valence-corrected chi connectivity index (χ3v) is 4.93. The molecule has 0 unspecified atom stereocenters. The van der Waals surface area contributed by atoms with Gasteiger partial charge >= 0.3 is 33.0 Å². The second-order valence-corrected chi connectivity index (χ2v) is 8.81. The van der Waals surface area contributed by atoms with Crippen molar-refractivity contribution in [1.29, 1.82) is 0 Å². The van der Waals surface area contributed by atoms with E-state index in [0.717, 1.165) is 0 Å². The standard InChI is InChI=1S/C12H17S.F6P/c1-2-3-8-13-9-11-6-4-5-7-12(11)10-13;1-7(2,3,4,5)6/h4-7H,2-3,8-10H2,1H3;/q+1;-1. The summed E-state index contributed by atoms with van der Waals surface area (Å²) in [5, 5.41) is 0. The van der Waals surface area contributed by atoms with Crippen LogP contribution in [-0.4, -0.2) is 5.75 Å². The fraction of sp³-hybridized carbons (Fsp3) is 0.500. The van der Waals surface area contributed by atoms with Crippen molar-refractivity contribution in [2.45, 2.75) is 31.3 Å². The van der Waals surface area contributed by atoms with Gasteiger partial charge in [-0.25, -0.2) is 0 Å². The third-order valence-electron chi connectivity index (χ3n) is 2.62. The molecule has 0 aliphatic carbocycles. The number of fused-ring (bicyclic) bond motifs is 1. The van der Waals surface area contributed by atoms with Crippen molar-refractivity contribution in [2.24, 2.45) is 0 Å². The molecule has 8 heteroatoms. The molecule has 2 rings (SSSR count). The number of unbranched alkanes of at least 4 members (excludes halogenated alkanes) is 1. The summed E-state index contributed by atoms with van der Waals surface area (Å²) in [4.78, 5) is 0. The molecule has 0 N–H and O–H groups in total. The van der Waals surface area contributed by atoms with E-state index in [0.29, 0.717) is 10.9 Å². The van der Waals surface area contributed by atoms with Crippen LogP contribution >= 0.6 is 7.81 Å². The Kier molecular flexibility index (Phi) is 4.77. The molecule has 1 aliphatic rings. The summed E-state index contributed by atoms with van der Waals surface area (Å²) >= 11 is 0. The summed E-state index contributed by atoms with van der Waals surface area (Å²) in [6.45, 7) is 2.28. The number of rotatable bonds is 3. The normalized spacial score (nSPS) is 18.6. The zero-order chi connectivity index (χ0) is 15.5. The van der Waals surface area contributed by atoms with Crippen LogP contribution in [0.1, 0.15) is 30.9 Å². The summed E-state index contributed by atoms with van der Waals surface area (Å²) in [6.07, 6.45) is 2.76. The van der Waals surface area contributed by atoms with Crippen LogP contribution in [0.25, 0.3) is 0 Å². The van der Waals surface area contributed by atoms with E-state index in [1.165, 1.54) is 30.1 Å². The molecule has 118 valence electrons. The van der Waals surface area contributed by atoms with E-state index in [-0.39, 0.29) is 0 Å². The molecule has 1 heterocycles. The molecule has 0 bridgehead atoms. The molecular weight excluding hydrogens is 321 g/mol. The summed E-state index contributed by atoms with van der Waals surface area (Å²) in [5.41, 5.74) is 3.23. The first-order valence-corrected chi connectivity index (χ1v) is 9.88. The Morgan fingerprint density at radius 1 is 0.950 bits per heavy atom. The van der Waals surface area contributed by atoms with Gasteiger partial charge in [0.15, 0.2) is 0 Å². The third kappa shape index (κ3) is 9.48. The van der Waals surface area contributed by atoms with E-state index in [4.69, 9.17) is 0 Å². The zero-order valence-corrected chi connectivity index (χ0v) is 12.7. The first kappa shape index (κ1) is 17.6. The molecule has 0 saturated heterocycles. The van der Waals surface area contributed by atoms with E-state index in [2.05, 4.69) is 31.2 Å². The van der Waals surface area contributed by atoms with Gasteiger partial charge in [-0.2, -0.15) is 0 Å². The molecule has 1 aromatic rings. The average molecular weight is 338 g/mol. The van der Waals surface area contributed by atoms with Crippen molar-refractivity contribution in [1.82, 2.24) is 0 Å². The summed E-state index contributed by atoms with van der Waals surface area (Å²) in [6, 6.07) is 8.94. The van der Waals surface area contributed by atoms with Gasteiger partial charge in [-0.15, -0.1) is 0 Å². The van der Waals surface area contributed by atoms with E-state index in [1.807, 2.05) is 0 Å². The molecule has 0 aromatic heterocycles. The van der Waals surface area contributed by atoms with Gasteiger partial charge in [0, 0.05) is 11.1 Å². The van der Waals surface area contributed by atoms with Crippen molar-refractivity contribution >= 4 is 18.7 Å². The Morgan fingerprint density at radius 2 is 1.35 bits per heavy atom. The predicted octanol–water partition coefficient (Wildman–Crippen LogP) is 6.50. The monoisotopic (exact) mass is 338 g/mol. The van der Waals surface area contributed by atoms with Gasteiger partial charge in [0.1, 0.15) is 17.3 Å². The van der Waals surface area contributed by atoms with Crippen molar-refractivity contribution in [3.8, 4) is 0 Å². The maximum atomic E-state index is 9.87. The van der Waals surface area contributed by atoms with Crippen molar-refractivity contribution < 1.29 is 25.2 Å². The van der Waals surface area contributed by atoms with Crippen LogP contribution in [0.5, 0.6) is 0 Å². The number of halogens is 6. The van der Waals surface area contributed by atoms with Crippen LogP contribution in [0.15, 0.2) is 24.3 Å². The molecule has 0 nitrogen and oxygen atoms in total. The average Bonchev–Trinajstić information content (AvgIpc) is 2.64. The van der Waals surface area contributed by atoms with E-state index >= 15 is 0 Å². The number of hydrogen-bond acceptors (Lipinski definition) is 0. The van der Waals surface area contributed by atoms with Crippen molar-refractivity contribution in [3.63, 3.8) is 0 Å². The van der Waals surface area contributed by atoms with Gasteiger partial charge < -0.3 is 0 Å². The van der Waals surface area contributed by atoms with Crippen molar-refractivity contribution in [2.75, 3.05) is 5.75 Å². The molecule has 0 radical (unpaired) electrons. The topological polar surface area (TPSA) is 0 Å². The van der Waals surface area contributed by atoms with Crippen LogP contribution < -0.4 is 0 Å². The molecule has 0 spiro atoms. The van der Waals surface area contributed by atoms with Crippen LogP contribution in [0, 0.1) is 0 Å². The predicted molar refractivity (Wildman–Crippen MR) is 74.6 cm³/mol. The van der Waals surface area contributed by atoms with Gasteiger partial charge in [-0.05, 0) is 17.3 Å². The first-order valence-electron chi connectivity index (χ1n) is 6.12. The Balaban J connectivity index is 0.000000246. The van der Waals surface area contributed by atoms with Gasteiger partial charge in [0.25, 0.3) is 0 Å². The minimum absolute atomic E-state index is 0.676. The molecule has 1 aromatic carbocycles. The summed E-state index contributed by atoms with van der Waals surface area (Å²) in [7, 11) is -9.98. The molecule has 0 saturated carbocycles. The quantitative estimate of drug-likeness (QED) is 0.335. The molecule has 0 atom stereocenters. The molecule has 1 aliphatic heterocycles. The number of hydrogen-bond donors (Lipinski definition) is 0. The summed E-state index contributed by atoms with van der Waals surface area (Å²) < 4.78 is 59.2. The first-order chi connectivity index (χ1) is 8.85. The molecule has 0 fully saturated rings. The van der Waals surface area contributed by atoms with E-state index < -0.39 is 7.81 Å². The van der Waals surface area contributed by atoms with Crippen LogP contribution in [0.3, 0.4) is 0 Å². The number of benzene rings is 1. The molecular formula is C12H17F6PS. The van der Waals surface area contributed by atoms with Gasteiger partial charge in [-0.1, -0.05) is 37.6 Å². The Labute approximate surface area is 117 Å². The van der Waals surface area contributed by atoms with Crippen LogP contribution in [0.4, 0.5) is 25.2 Å². The molecule has 0 amide bonds. The maximum absolute atomic E-state index is 10.7. The van der Waals surface area contributed by atoms with E-state index in [9.17, 15) is 25.2 Å². The Bertz CT molecular complexity index is 419. The minimum atomic E-state index is -10.7. The van der Waals surface area contributed by atoms with Crippen LogP contribution in [-0.2, 0) is 22.4 Å². The van der Waals surface area contributed by atoms with E-state index in [1.54, 1.807) is 11.1 Å².